The quantitative estimate of drug-likeness (QED) is 0.712. The molecule has 0 saturated carbocycles. The fraction of sp³-hybridized carbons (Fsp3) is 0.286. The number of carbonyl (C=O) groups is 1. The molecular formula is C14H15N5O4S. The van der Waals surface area contributed by atoms with E-state index >= 15 is 0 Å². The molecule has 0 aromatic carbocycles. The molecule has 0 spiro atoms. The Hall–Kier alpha value is -2.77. The average Bonchev–Trinajstić information content (AvgIpc) is 2.96. The first kappa shape index (κ1) is 17.6. The summed E-state index contributed by atoms with van der Waals surface area (Å²) in [4.78, 5) is 14.8. The van der Waals surface area contributed by atoms with Gasteiger partial charge in [0.05, 0.1) is 17.7 Å². The number of carboxylic acid groups (broad SMARTS) is 1. The summed E-state index contributed by atoms with van der Waals surface area (Å²) < 4.78 is 28.2. The highest BCUT2D eigenvalue weighted by atomic mass is 32.2. The van der Waals surface area contributed by atoms with Gasteiger partial charge in [0.25, 0.3) is 0 Å². The van der Waals surface area contributed by atoms with Crippen molar-refractivity contribution in [2.45, 2.75) is 11.3 Å². The Bertz CT molecular complexity index is 885. The van der Waals surface area contributed by atoms with Gasteiger partial charge in [0.1, 0.15) is 11.0 Å². The van der Waals surface area contributed by atoms with Crippen LogP contribution in [0, 0.1) is 17.2 Å². The number of nitrogens with zero attached hydrogens (tertiary/aromatic N) is 4. The van der Waals surface area contributed by atoms with E-state index in [0.29, 0.717) is 5.56 Å². The zero-order valence-electron chi connectivity index (χ0n) is 12.7. The number of aliphatic carboxylic acids is 1. The normalized spacial score (nSPS) is 12.5. The summed E-state index contributed by atoms with van der Waals surface area (Å²) in [6.45, 7) is -0.288. The number of rotatable bonds is 7. The fourth-order valence-electron chi connectivity index (χ4n) is 2.03. The number of aromatic nitrogens is 3. The molecule has 2 rings (SSSR count). The van der Waals surface area contributed by atoms with E-state index in [1.165, 1.54) is 23.1 Å². The van der Waals surface area contributed by atoms with Gasteiger partial charge in [0, 0.05) is 32.2 Å². The second kappa shape index (κ2) is 7.20. The van der Waals surface area contributed by atoms with Gasteiger partial charge in [-0.25, -0.2) is 13.1 Å². The molecule has 1 unspecified atom stereocenters. The lowest BCUT2D eigenvalue weighted by atomic mass is 10.0. The van der Waals surface area contributed by atoms with Crippen molar-refractivity contribution < 1.29 is 18.3 Å². The molecule has 0 aliphatic carbocycles. The maximum atomic E-state index is 12.2. The minimum absolute atomic E-state index is 0.100. The van der Waals surface area contributed by atoms with Gasteiger partial charge in [-0.15, -0.1) is 0 Å². The largest absolute Gasteiger partial charge is 0.481 e. The molecule has 0 amide bonds. The van der Waals surface area contributed by atoms with Crippen LogP contribution in [0.15, 0.2) is 35.7 Å². The number of nitriles is 1. The molecule has 0 bridgehead atoms. The molecule has 2 aromatic heterocycles. The number of pyridine rings is 1. The number of hydrogen-bond acceptors (Lipinski definition) is 6. The predicted molar refractivity (Wildman–Crippen MR) is 82.2 cm³/mol. The Morgan fingerprint density at radius 1 is 1.46 bits per heavy atom. The van der Waals surface area contributed by atoms with Gasteiger partial charge in [-0.3, -0.25) is 14.5 Å². The van der Waals surface area contributed by atoms with Crippen LogP contribution in [0.1, 0.15) is 11.1 Å². The third kappa shape index (κ3) is 4.37. The van der Waals surface area contributed by atoms with Crippen molar-refractivity contribution in [1.82, 2.24) is 19.5 Å². The highest BCUT2D eigenvalue weighted by Crippen LogP contribution is 2.12. The molecule has 0 radical (unpaired) electrons. The number of aryl methyl sites for hydroxylation is 1. The molecule has 0 saturated heterocycles. The first-order valence-electron chi connectivity index (χ1n) is 6.87. The SMILES string of the molecule is Cn1cc(CC(CNS(=O)(=O)c2cncc(C#N)c2)C(=O)O)cn1. The van der Waals surface area contributed by atoms with Gasteiger partial charge in [0.15, 0.2) is 0 Å². The minimum Gasteiger partial charge on any atom is -0.481 e. The van der Waals surface area contributed by atoms with Crippen molar-refractivity contribution in [2.24, 2.45) is 13.0 Å². The van der Waals surface area contributed by atoms with Crippen molar-refractivity contribution in [3.05, 3.63) is 42.0 Å². The standard InChI is InChI=1S/C14H15N5O4S/c1-19-9-11(6-17-19)2-12(14(20)21)7-18-24(22,23)13-3-10(4-15)5-16-8-13/h3,5-6,8-9,12,18H,2,7H2,1H3,(H,20,21). The highest BCUT2D eigenvalue weighted by Gasteiger charge is 2.23. The molecule has 1 atom stereocenters. The number of nitrogens with one attached hydrogen (secondary N) is 1. The monoisotopic (exact) mass is 349 g/mol. The topological polar surface area (TPSA) is 138 Å². The molecule has 9 nitrogen and oxygen atoms in total. The maximum absolute atomic E-state index is 12.2. The van der Waals surface area contributed by atoms with E-state index in [0.717, 1.165) is 6.20 Å². The van der Waals surface area contributed by atoms with E-state index in [1.807, 2.05) is 0 Å². The van der Waals surface area contributed by atoms with Crippen LogP contribution in [-0.4, -0.2) is 40.8 Å². The van der Waals surface area contributed by atoms with E-state index in [1.54, 1.807) is 19.3 Å². The summed E-state index contributed by atoms with van der Waals surface area (Å²) in [5, 5.41) is 22.0. The summed E-state index contributed by atoms with van der Waals surface area (Å²) in [5.41, 5.74) is 0.792. The lowest BCUT2D eigenvalue weighted by Gasteiger charge is -2.13. The lowest BCUT2D eigenvalue weighted by molar-refractivity contribution is -0.141. The molecule has 0 aliphatic rings. The molecule has 2 aromatic rings. The van der Waals surface area contributed by atoms with Crippen molar-refractivity contribution in [3.8, 4) is 6.07 Å². The van der Waals surface area contributed by atoms with Crippen LogP contribution < -0.4 is 4.72 Å². The van der Waals surface area contributed by atoms with Crippen LogP contribution in [0.2, 0.25) is 0 Å². The van der Waals surface area contributed by atoms with Gasteiger partial charge < -0.3 is 5.11 Å². The van der Waals surface area contributed by atoms with E-state index in [4.69, 9.17) is 5.26 Å². The summed E-state index contributed by atoms with van der Waals surface area (Å²) in [6, 6.07) is 2.97. The van der Waals surface area contributed by atoms with Crippen LogP contribution in [0.5, 0.6) is 0 Å². The third-order valence-corrected chi connectivity index (χ3v) is 4.65. The minimum atomic E-state index is -3.96. The Morgan fingerprint density at radius 3 is 2.79 bits per heavy atom. The summed E-state index contributed by atoms with van der Waals surface area (Å²) in [5.74, 6) is -2.07. The van der Waals surface area contributed by atoms with Crippen molar-refractivity contribution in [3.63, 3.8) is 0 Å². The zero-order chi connectivity index (χ0) is 17.7. The van der Waals surface area contributed by atoms with Gasteiger partial charge >= 0.3 is 5.97 Å². The van der Waals surface area contributed by atoms with Crippen LogP contribution >= 0.6 is 0 Å². The summed E-state index contributed by atoms with van der Waals surface area (Å²) >= 11 is 0. The predicted octanol–water partition coefficient (Wildman–Crippen LogP) is -0.0914. The van der Waals surface area contributed by atoms with Crippen LogP contribution in [0.3, 0.4) is 0 Å². The Labute approximate surface area is 138 Å². The fourth-order valence-corrected chi connectivity index (χ4v) is 3.10. The Morgan fingerprint density at radius 2 is 2.21 bits per heavy atom. The average molecular weight is 349 g/mol. The van der Waals surface area contributed by atoms with Crippen LogP contribution in [0.25, 0.3) is 0 Å². The first-order chi connectivity index (χ1) is 11.3. The molecule has 2 N–H and O–H groups in total. The smallest absolute Gasteiger partial charge is 0.308 e. The second-order valence-electron chi connectivity index (χ2n) is 5.13. The lowest BCUT2D eigenvalue weighted by Crippen LogP contribution is -2.34. The third-order valence-electron chi connectivity index (χ3n) is 3.26. The molecule has 0 aliphatic heterocycles. The van der Waals surface area contributed by atoms with Gasteiger partial charge in [-0.05, 0) is 18.1 Å². The van der Waals surface area contributed by atoms with E-state index in [2.05, 4.69) is 14.8 Å². The summed E-state index contributed by atoms with van der Waals surface area (Å²) in [6.07, 6.45) is 5.68. The van der Waals surface area contributed by atoms with Gasteiger partial charge in [0.2, 0.25) is 10.0 Å². The highest BCUT2D eigenvalue weighted by molar-refractivity contribution is 7.89. The zero-order valence-corrected chi connectivity index (χ0v) is 13.6. The van der Waals surface area contributed by atoms with E-state index in [9.17, 15) is 18.3 Å². The molecule has 10 heteroatoms. The van der Waals surface area contributed by atoms with Crippen molar-refractivity contribution in [1.29, 1.82) is 5.26 Å². The Balaban J connectivity index is 2.10. The molecule has 126 valence electrons. The van der Waals surface area contributed by atoms with Gasteiger partial charge in [-0.2, -0.15) is 10.4 Å². The van der Waals surface area contributed by atoms with Crippen molar-refractivity contribution >= 4 is 16.0 Å². The summed E-state index contributed by atoms with van der Waals surface area (Å²) in [7, 11) is -2.25. The molecule has 0 fully saturated rings. The van der Waals surface area contributed by atoms with Crippen molar-refractivity contribution in [2.75, 3.05) is 6.54 Å². The Kier molecular flexibility index (Phi) is 5.28. The first-order valence-corrected chi connectivity index (χ1v) is 8.35. The number of hydrogen-bond donors (Lipinski definition) is 2. The second-order valence-corrected chi connectivity index (χ2v) is 6.90. The van der Waals surface area contributed by atoms with E-state index < -0.39 is 21.9 Å². The number of carboxylic acids is 1. The molecule has 2 heterocycles. The molecule has 24 heavy (non-hydrogen) atoms. The van der Waals surface area contributed by atoms with Crippen LogP contribution in [0.4, 0.5) is 0 Å². The van der Waals surface area contributed by atoms with E-state index in [-0.39, 0.29) is 23.4 Å². The molecular weight excluding hydrogens is 334 g/mol. The van der Waals surface area contributed by atoms with Gasteiger partial charge in [-0.1, -0.05) is 0 Å². The van der Waals surface area contributed by atoms with Crippen LogP contribution in [-0.2, 0) is 28.3 Å². The number of sulfonamides is 1. The maximum Gasteiger partial charge on any atom is 0.308 e.